The number of carbonyl (C=O) groups is 2. The summed E-state index contributed by atoms with van der Waals surface area (Å²) in [5.41, 5.74) is 3.47. The molecule has 1 aromatic heterocycles. The second kappa shape index (κ2) is 9.37. The van der Waals surface area contributed by atoms with E-state index in [-0.39, 0.29) is 24.4 Å². The number of hydrogen-bond donors (Lipinski definition) is 2. The Morgan fingerprint density at radius 2 is 1.93 bits per heavy atom. The van der Waals surface area contributed by atoms with Crippen molar-refractivity contribution in [3.63, 3.8) is 0 Å². The first kappa shape index (κ1) is 20.6. The van der Waals surface area contributed by atoms with Crippen LogP contribution in [0, 0.1) is 6.92 Å². The van der Waals surface area contributed by atoms with Crippen molar-refractivity contribution < 1.29 is 9.59 Å². The highest BCUT2D eigenvalue weighted by Crippen LogP contribution is 2.16. The lowest BCUT2D eigenvalue weighted by Crippen LogP contribution is -2.35. The highest BCUT2D eigenvalue weighted by atomic mass is 16.2. The van der Waals surface area contributed by atoms with Crippen molar-refractivity contribution in [2.24, 2.45) is 0 Å². The Morgan fingerprint density at radius 1 is 1.14 bits per heavy atom. The molecule has 6 nitrogen and oxygen atoms in total. The average molecular weight is 393 g/mol. The Kier molecular flexibility index (Phi) is 6.65. The van der Waals surface area contributed by atoms with Gasteiger partial charge in [0.15, 0.2) is 0 Å². The zero-order valence-electron chi connectivity index (χ0n) is 17.2. The Labute approximate surface area is 171 Å². The minimum atomic E-state index is -0.106. The molecule has 0 aliphatic carbocycles. The van der Waals surface area contributed by atoms with E-state index < -0.39 is 0 Å². The van der Waals surface area contributed by atoms with E-state index in [1.807, 2.05) is 67.8 Å². The van der Waals surface area contributed by atoms with E-state index >= 15 is 0 Å². The number of benzene rings is 2. The van der Waals surface area contributed by atoms with E-state index in [2.05, 4.69) is 15.6 Å². The van der Waals surface area contributed by atoms with Gasteiger partial charge in [-0.15, -0.1) is 0 Å². The first-order chi connectivity index (χ1) is 14.0. The van der Waals surface area contributed by atoms with Gasteiger partial charge in [-0.1, -0.05) is 36.8 Å². The Morgan fingerprint density at radius 3 is 2.69 bits per heavy atom. The second-order valence-corrected chi connectivity index (χ2v) is 7.36. The SMILES string of the molecule is CCC(C)NC(=O)Cn1c(CCNC(=O)c2cccc(C)c2)nc2ccccc21. The largest absolute Gasteiger partial charge is 0.352 e. The van der Waals surface area contributed by atoms with Gasteiger partial charge in [0.25, 0.3) is 5.91 Å². The highest BCUT2D eigenvalue weighted by Gasteiger charge is 2.15. The van der Waals surface area contributed by atoms with Crippen molar-refractivity contribution in [1.82, 2.24) is 20.2 Å². The van der Waals surface area contributed by atoms with Crippen molar-refractivity contribution in [1.29, 1.82) is 0 Å². The number of amides is 2. The third kappa shape index (κ3) is 5.22. The summed E-state index contributed by atoms with van der Waals surface area (Å²) in [4.78, 5) is 29.5. The number of para-hydroxylation sites is 2. The summed E-state index contributed by atoms with van der Waals surface area (Å²) in [6.45, 7) is 6.66. The molecule has 1 unspecified atom stereocenters. The maximum atomic E-state index is 12.4. The lowest BCUT2D eigenvalue weighted by atomic mass is 10.1. The van der Waals surface area contributed by atoms with Crippen LogP contribution in [0.25, 0.3) is 11.0 Å². The summed E-state index contributed by atoms with van der Waals surface area (Å²) in [6, 6.07) is 15.4. The van der Waals surface area contributed by atoms with Crippen molar-refractivity contribution in [3.05, 3.63) is 65.5 Å². The Bertz CT molecular complexity index is 1010. The fourth-order valence-electron chi connectivity index (χ4n) is 3.24. The maximum Gasteiger partial charge on any atom is 0.251 e. The van der Waals surface area contributed by atoms with Crippen molar-refractivity contribution in [3.8, 4) is 0 Å². The summed E-state index contributed by atoms with van der Waals surface area (Å²) in [5.74, 6) is 0.647. The summed E-state index contributed by atoms with van der Waals surface area (Å²) >= 11 is 0. The minimum Gasteiger partial charge on any atom is -0.352 e. The molecule has 1 atom stereocenters. The quantitative estimate of drug-likeness (QED) is 0.618. The van der Waals surface area contributed by atoms with Crippen LogP contribution < -0.4 is 10.6 Å². The van der Waals surface area contributed by atoms with Crippen LogP contribution in [-0.2, 0) is 17.8 Å². The summed E-state index contributed by atoms with van der Waals surface area (Å²) < 4.78 is 1.94. The topological polar surface area (TPSA) is 76.0 Å². The fraction of sp³-hybridized carbons (Fsp3) is 0.348. The first-order valence-electron chi connectivity index (χ1n) is 10.1. The van der Waals surface area contributed by atoms with Crippen LogP contribution in [0.2, 0.25) is 0 Å². The van der Waals surface area contributed by atoms with Crippen molar-refractivity contribution >= 4 is 22.8 Å². The van der Waals surface area contributed by atoms with Crippen LogP contribution in [0.1, 0.15) is 42.0 Å². The molecule has 29 heavy (non-hydrogen) atoms. The molecule has 2 aromatic carbocycles. The number of imidazole rings is 1. The van der Waals surface area contributed by atoms with Crippen molar-refractivity contribution in [2.45, 2.75) is 46.2 Å². The molecule has 0 fully saturated rings. The van der Waals surface area contributed by atoms with Gasteiger partial charge >= 0.3 is 0 Å². The molecule has 6 heteroatoms. The average Bonchev–Trinajstić information content (AvgIpc) is 3.05. The monoisotopic (exact) mass is 392 g/mol. The highest BCUT2D eigenvalue weighted by molar-refractivity contribution is 5.94. The molecule has 0 saturated carbocycles. The molecular formula is C23H28N4O2. The molecule has 0 aliphatic heterocycles. The van der Waals surface area contributed by atoms with Crippen LogP contribution in [0.5, 0.6) is 0 Å². The van der Waals surface area contributed by atoms with E-state index in [0.29, 0.717) is 18.5 Å². The van der Waals surface area contributed by atoms with Crippen LogP contribution >= 0.6 is 0 Å². The van der Waals surface area contributed by atoms with Crippen LogP contribution in [0.15, 0.2) is 48.5 Å². The van der Waals surface area contributed by atoms with Crippen LogP contribution in [-0.4, -0.2) is 34.0 Å². The van der Waals surface area contributed by atoms with Gasteiger partial charge in [-0.05, 0) is 44.5 Å². The molecular weight excluding hydrogens is 364 g/mol. The number of aryl methyl sites for hydroxylation is 1. The van der Waals surface area contributed by atoms with Crippen LogP contribution in [0.4, 0.5) is 0 Å². The van der Waals surface area contributed by atoms with Gasteiger partial charge in [-0.25, -0.2) is 4.98 Å². The molecule has 0 saturated heterocycles. The Balaban J connectivity index is 1.71. The molecule has 0 radical (unpaired) electrons. The lowest BCUT2D eigenvalue weighted by Gasteiger charge is -2.14. The lowest BCUT2D eigenvalue weighted by molar-refractivity contribution is -0.122. The van der Waals surface area contributed by atoms with Gasteiger partial charge in [0.1, 0.15) is 12.4 Å². The van der Waals surface area contributed by atoms with E-state index in [0.717, 1.165) is 28.8 Å². The third-order valence-electron chi connectivity index (χ3n) is 4.97. The number of nitrogens with one attached hydrogen (secondary N) is 2. The van der Waals surface area contributed by atoms with Gasteiger partial charge in [0.2, 0.25) is 5.91 Å². The first-order valence-corrected chi connectivity index (χ1v) is 10.1. The number of rotatable bonds is 8. The van der Waals surface area contributed by atoms with Crippen molar-refractivity contribution in [2.75, 3.05) is 6.54 Å². The molecule has 2 N–H and O–H groups in total. The van der Waals surface area contributed by atoms with E-state index in [9.17, 15) is 9.59 Å². The molecule has 0 bridgehead atoms. The summed E-state index contributed by atoms with van der Waals surface area (Å²) in [6.07, 6.45) is 1.43. The van der Waals surface area contributed by atoms with E-state index in [4.69, 9.17) is 0 Å². The second-order valence-electron chi connectivity index (χ2n) is 7.36. The molecule has 3 aromatic rings. The molecule has 2 amide bonds. The summed E-state index contributed by atoms with van der Waals surface area (Å²) in [7, 11) is 0. The third-order valence-corrected chi connectivity index (χ3v) is 4.97. The molecule has 3 rings (SSSR count). The smallest absolute Gasteiger partial charge is 0.251 e. The van der Waals surface area contributed by atoms with Crippen LogP contribution in [0.3, 0.4) is 0 Å². The number of carbonyl (C=O) groups excluding carboxylic acids is 2. The van der Waals surface area contributed by atoms with Gasteiger partial charge in [-0.2, -0.15) is 0 Å². The standard InChI is InChI=1S/C23H28N4O2/c1-4-17(3)25-22(28)15-27-20-11-6-5-10-19(20)26-21(27)12-13-24-23(29)18-9-7-8-16(2)14-18/h5-11,14,17H,4,12-13,15H2,1-3H3,(H,24,29)(H,25,28). The number of fused-ring (bicyclic) bond motifs is 1. The zero-order valence-corrected chi connectivity index (χ0v) is 17.2. The molecule has 152 valence electrons. The summed E-state index contributed by atoms with van der Waals surface area (Å²) in [5, 5.41) is 5.95. The van der Waals surface area contributed by atoms with Gasteiger partial charge in [0, 0.05) is 24.6 Å². The predicted molar refractivity (Wildman–Crippen MR) is 115 cm³/mol. The Hall–Kier alpha value is -3.15. The number of aromatic nitrogens is 2. The number of hydrogen-bond acceptors (Lipinski definition) is 3. The van der Waals surface area contributed by atoms with E-state index in [1.165, 1.54) is 0 Å². The molecule has 0 aliphatic rings. The molecule has 0 spiro atoms. The number of nitrogens with zero attached hydrogens (tertiary/aromatic N) is 2. The normalized spacial score (nSPS) is 12.0. The predicted octanol–water partition coefficient (Wildman–Crippen LogP) is 3.23. The maximum absolute atomic E-state index is 12.4. The molecule has 1 heterocycles. The zero-order chi connectivity index (χ0) is 20.8. The van der Waals surface area contributed by atoms with Gasteiger partial charge in [-0.3, -0.25) is 9.59 Å². The van der Waals surface area contributed by atoms with Gasteiger partial charge in [0.05, 0.1) is 11.0 Å². The fourth-order valence-corrected chi connectivity index (χ4v) is 3.24. The van der Waals surface area contributed by atoms with Gasteiger partial charge < -0.3 is 15.2 Å². The minimum absolute atomic E-state index is 0.0347. The van der Waals surface area contributed by atoms with E-state index in [1.54, 1.807) is 6.07 Å².